The second kappa shape index (κ2) is 14.4. The van der Waals surface area contributed by atoms with Gasteiger partial charge in [0.05, 0.1) is 17.3 Å². The van der Waals surface area contributed by atoms with E-state index in [1.165, 1.54) is 110 Å². The molecule has 0 N–H and O–H groups in total. The van der Waals surface area contributed by atoms with Crippen LogP contribution in [0.4, 0.5) is 22.7 Å². The van der Waals surface area contributed by atoms with Crippen LogP contribution in [-0.2, 0) is 11.0 Å². The highest BCUT2D eigenvalue weighted by Crippen LogP contribution is 2.64. The Kier molecular flexibility index (Phi) is 8.69. The minimum Gasteiger partial charge on any atom is -0.333 e. The molecular weight excluding hydrogens is 773 g/mol. The molecule has 0 fully saturated rings. The zero-order valence-electron chi connectivity index (χ0n) is 37.4. The first-order chi connectivity index (χ1) is 31.3. The van der Waals surface area contributed by atoms with Gasteiger partial charge in [-0.25, -0.2) is 0 Å². The summed E-state index contributed by atoms with van der Waals surface area (Å²) in [6, 6.07) is 73.2. The van der Waals surface area contributed by atoms with Crippen LogP contribution in [-0.4, -0.2) is 0 Å². The molecule has 0 saturated carbocycles. The molecule has 10 aromatic rings. The van der Waals surface area contributed by atoms with Gasteiger partial charge in [-0.2, -0.15) is 0 Å². The zero-order valence-corrected chi connectivity index (χ0v) is 37.4. The minimum atomic E-state index is -0.270. The smallest absolute Gasteiger partial charge is 0.0960 e. The van der Waals surface area contributed by atoms with Crippen molar-refractivity contribution in [1.29, 1.82) is 0 Å². The average molecular weight is 825 g/mol. The zero-order chi connectivity index (χ0) is 43.3. The molecule has 10 aromatic carbocycles. The van der Waals surface area contributed by atoms with E-state index in [4.69, 9.17) is 0 Å². The number of hydrogen-bond donors (Lipinski definition) is 0. The van der Waals surface area contributed by atoms with Gasteiger partial charge in [-0.05, 0) is 139 Å². The molecule has 0 spiro atoms. The molecule has 0 radical (unpaired) electrons. The fourth-order valence-corrected chi connectivity index (χ4v) is 11.7. The van der Waals surface area contributed by atoms with Crippen LogP contribution in [0, 0.1) is 6.92 Å². The first-order valence-electron chi connectivity index (χ1n) is 23.2. The third-order valence-corrected chi connectivity index (χ3v) is 15.0. The molecule has 310 valence electrons. The summed E-state index contributed by atoms with van der Waals surface area (Å²) >= 11 is 0. The molecule has 2 aliphatic rings. The fourth-order valence-electron chi connectivity index (χ4n) is 11.7. The summed E-state index contributed by atoms with van der Waals surface area (Å²) in [6.45, 7) is 12.0. The number of rotatable bonds is 9. The summed E-state index contributed by atoms with van der Waals surface area (Å²) in [7, 11) is 0. The summed E-state index contributed by atoms with van der Waals surface area (Å²) in [6.07, 6.45) is 1.92. The molecule has 2 unspecified atom stereocenters. The van der Waals surface area contributed by atoms with Crippen molar-refractivity contribution < 1.29 is 0 Å². The molecule has 0 heterocycles. The van der Waals surface area contributed by atoms with Crippen LogP contribution in [0.1, 0.15) is 80.0 Å². The van der Waals surface area contributed by atoms with Crippen LogP contribution in [0.25, 0.3) is 54.2 Å². The minimum absolute atomic E-state index is 0.111. The molecule has 2 heteroatoms. The number of fused-ring (bicyclic) bond motifs is 8. The van der Waals surface area contributed by atoms with Crippen molar-refractivity contribution in [3.63, 3.8) is 0 Å². The monoisotopic (exact) mass is 824 g/mol. The summed E-state index contributed by atoms with van der Waals surface area (Å²) in [5.74, 6) is 0. The third-order valence-electron chi connectivity index (χ3n) is 15.0. The standard InChI is InChI=1S/C62H52N2/c1-6-58(63(47-32-30-41-18-8-10-22-45(41)35-47)59-28-16-24-43-20-12-14-26-49(43)59)51-37-54-52(34-40(51)3)53-38-56-57(39-55(53)61(54,4)5)62(56,7-2)64(48-33-31-42-19-9-11-23-46(42)36-48)60-29-17-25-44-21-13-15-27-50(44)60/h8-39,58H,6-7H2,1-5H3. The second-order valence-electron chi connectivity index (χ2n) is 18.7. The van der Waals surface area contributed by atoms with E-state index in [0.29, 0.717) is 0 Å². The van der Waals surface area contributed by atoms with Gasteiger partial charge in [0, 0.05) is 33.2 Å². The van der Waals surface area contributed by atoms with Crippen LogP contribution in [0.5, 0.6) is 0 Å². The molecular formula is C62H52N2. The van der Waals surface area contributed by atoms with Crippen molar-refractivity contribution in [2.24, 2.45) is 0 Å². The number of benzene rings is 10. The van der Waals surface area contributed by atoms with E-state index in [1.54, 1.807) is 0 Å². The number of anilines is 4. The lowest BCUT2D eigenvalue weighted by Crippen LogP contribution is -2.32. The summed E-state index contributed by atoms with van der Waals surface area (Å²) in [5, 5.41) is 10.1. The highest BCUT2D eigenvalue weighted by molar-refractivity contribution is 6.01. The van der Waals surface area contributed by atoms with Gasteiger partial charge in [-0.15, -0.1) is 0 Å². The van der Waals surface area contributed by atoms with Crippen LogP contribution < -0.4 is 9.80 Å². The molecule has 0 bridgehead atoms. The summed E-state index contributed by atoms with van der Waals surface area (Å²) in [5.41, 5.74) is 15.7. The van der Waals surface area contributed by atoms with Gasteiger partial charge in [-0.1, -0.05) is 179 Å². The predicted molar refractivity (Wildman–Crippen MR) is 273 cm³/mol. The lowest BCUT2D eigenvalue weighted by Gasteiger charge is -2.36. The van der Waals surface area contributed by atoms with Crippen LogP contribution in [0.3, 0.4) is 0 Å². The summed E-state index contributed by atoms with van der Waals surface area (Å²) < 4.78 is 0. The van der Waals surface area contributed by atoms with Gasteiger partial charge in [0.1, 0.15) is 0 Å². The Hall–Kier alpha value is -7.16. The lowest BCUT2D eigenvalue weighted by atomic mass is 9.80. The van der Waals surface area contributed by atoms with Crippen LogP contribution >= 0.6 is 0 Å². The Morgan fingerprint density at radius 2 is 0.938 bits per heavy atom. The Morgan fingerprint density at radius 3 is 1.58 bits per heavy atom. The number of aryl methyl sites for hydroxylation is 1. The van der Waals surface area contributed by atoms with E-state index in [9.17, 15) is 0 Å². The Labute approximate surface area is 377 Å². The van der Waals surface area contributed by atoms with Crippen molar-refractivity contribution >= 4 is 65.8 Å². The molecule has 2 atom stereocenters. The molecule has 0 aliphatic heterocycles. The largest absolute Gasteiger partial charge is 0.333 e. The normalized spacial score (nSPS) is 16.1. The molecule has 0 amide bonds. The highest BCUT2D eigenvalue weighted by atomic mass is 15.2. The maximum atomic E-state index is 2.67. The number of nitrogens with zero attached hydrogens (tertiary/aromatic N) is 2. The van der Waals surface area contributed by atoms with Gasteiger partial charge in [0.25, 0.3) is 0 Å². The van der Waals surface area contributed by atoms with Crippen molar-refractivity contribution in [2.45, 2.75) is 64.5 Å². The van der Waals surface area contributed by atoms with Crippen molar-refractivity contribution in [1.82, 2.24) is 0 Å². The second-order valence-corrected chi connectivity index (χ2v) is 18.7. The molecule has 2 aliphatic carbocycles. The third kappa shape index (κ3) is 5.64. The Balaban J connectivity index is 1.01. The SMILES string of the molecule is CCC(c1cc2c(cc1C)-c1cc3c(cc1C2(C)C)C3(CC)N(c1ccc2ccccc2c1)c1cccc2ccccc12)N(c1ccc2ccccc2c1)c1cccc2ccccc12. The van der Waals surface area contributed by atoms with Gasteiger partial charge in [-0.3, -0.25) is 0 Å². The Morgan fingerprint density at radius 1 is 0.438 bits per heavy atom. The van der Waals surface area contributed by atoms with Crippen LogP contribution in [0.2, 0.25) is 0 Å². The quantitative estimate of drug-likeness (QED) is 0.143. The molecule has 2 nitrogen and oxygen atoms in total. The van der Waals surface area contributed by atoms with Crippen LogP contribution in [0.15, 0.2) is 194 Å². The van der Waals surface area contributed by atoms with Crippen molar-refractivity contribution in [3.8, 4) is 11.1 Å². The maximum Gasteiger partial charge on any atom is 0.0960 e. The Bertz CT molecular complexity index is 3490. The number of hydrogen-bond acceptors (Lipinski definition) is 2. The van der Waals surface area contributed by atoms with E-state index in [2.05, 4.69) is 239 Å². The van der Waals surface area contributed by atoms with Gasteiger partial charge >= 0.3 is 0 Å². The predicted octanol–water partition coefficient (Wildman–Crippen LogP) is 17.0. The van der Waals surface area contributed by atoms with E-state index < -0.39 is 0 Å². The first-order valence-corrected chi connectivity index (χ1v) is 23.2. The molecule has 0 saturated heterocycles. The highest BCUT2D eigenvalue weighted by Gasteiger charge is 2.56. The van der Waals surface area contributed by atoms with Gasteiger partial charge in [0.2, 0.25) is 0 Å². The molecule has 12 rings (SSSR count). The molecule has 64 heavy (non-hydrogen) atoms. The first kappa shape index (κ1) is 38.5. The topological polar surface area (TPSA) is 6.48 Å². The lowest BCUT2D eigenvalue weighted by molar-refractivity contribution is 0.609. The summed E-state index contributed by atoms with van der Waals surface area (Å²) in [4.78, 5) is 5.30. The maximum absolute atomic E-state index is 2.67. The van der Waals surface area contributed by atoms with E-state index in [0.717, 1.165) is 12.8 Å². The van der Waals surface area contributed by atoms with E-state index >= 15 is 0 Å². The van der Waals surface area contributed by atoms with Crippen molar-refractivity contribution in [2.75, 3.05) is 9.80 Å². The average Bonchev–Trinajstić information content (AvgIpc) is 3.92. The molecule has 0 aromatic heterocycles. The fraction of sp³-hybridized carbons (Fsp3) is 0.161. The van der Waals surface area contributed by atoms with Crippen molar-refractivity contribution in [3.05, 3.63) is 228 Å². The van der Waals surface area contributed by atoms with E-state index in [1.807, 2.05) is 0 Å². The van der Waals surface area contributed by atoms with Gasteiger partial charge in [0.15, 0.2) is 0 Å². The van der Waals surface area contributed by atoms with E-state index in [-0.39, 0.29) is 17.0 Å². The van der Waals surface area contributed by atoms with Gasteiger partial charge < -0.3 is 9.80 Å².